The first kappa shape index (κ1) is 11.0. The van der Waals surface area contributed by atoms with Gasteiger partial charge in [0.2, 0.25) is 5.88 Å². The Kier molecular flexibility index (Phi) is 2.44. The summed E-state index contributed by atoms with van der Waals surface area (Å²) < 4.78 is 5.35. The first-order chi connectivity index (χ1) is 8.70. The van der Waals surface area contributed by atoms with Crippen LogP contribution in [0.15, 0.2) is 24.3 Å². The molecule has 4 nitrogen and oxygen atoms in total. The fraction of sp³-hybridized carbons (Fsp3) is 0.286. The molecule has 0 fully saturated rings. The lowest BCUT2D eigenvalue weighted by Gasteiger charge is -2.03. The Labute approximate surface area is 105 Å². The minimum Gasteiger partial charge on any atom is -0.479 e. The molecule has 3 rings (SSSR count). The van der Waals surface area contributed by atoms with Crippen molar-refractivity contribution in [3.8, 4) is 5.88 Å². The monoisotopic (exact) mass is 241 g/mol. The van der Waals surface area contributed by atoms with Gasteiger partial charge in [0, 0.05) is 11.3 Å². The van der Waals surface area contributed by atoms with E-state index in [1.165, 1.54) is 0 Å². The number of imidazole rings is 1. The smallest absolute Gasteiger partial charge is 0.240 e. The molecule has 3 aromatic rings. The summed E-state index contributed by atoms with van der Waals surface area (Å²) in [7, 11) is 1.63. The number of aromatic amines is 1. The number of para-hydroxylation sites is 1. The zero-order valence-electron chi connectivity index (χ0n) is 10.7. The predicted octanol–water partition coefficient (Wildman–Crippen LogP) is 3.24. The van der Waals surface area contributed by atoms with Crippen molar-refractivity contribution in [1.29, 1.82) is 0 Å². The van der Waals surface area contributed by atoms with E-state index in [1.807, 2.05) is 24.3 Å². The molecule has 0 saturated heterocycles. The van der Waals surface area contributed by atoms with E-state index in [-0.39, 0.29) is 0 Å². The molecule has 18 heavy (non-hydrogen) atoms. The Balaban J connectivity index is 2.45. The van der Waals surface area contributed by atoms with Gasteiger partial charge in [-0.1, -0.05) is 32.0 Å². The van der Waals surface area contributed by atoms with Gasteiger partial charge in [-0.05, 0) is 6.07 Å². The number of hydrogen-bond donors (Lipinski definition) is 1. The SMILES string of the molecule is COc1nc2ccccc2c2nc(C(C)C)[nH]c12. The third-order valence-corrected chi connectivity index (χ3v) is 3.06. The highest BCUT2D eigenvalue weighted by molar-refractivity contribution is 6.04. The van der Waals surface area contributed by atoms with Crippen LogP contribution < -0.4 is 4.74 Å². The summed E-state index contributed by atoms with van der Waals surface area (Å²) >= 11 is 0. The minimum absolute atomic E-state index is 0.348. The lowest BCUT2D eigenvalue weighted by molar-refractivity contribution is 0.404. The van der Waals surface area contributed by atoms with Gasteiger partial charge < -0.3 is 9.72 Å². The van der Waals surface area contributed by atoms with Gasteiger partial charge in [0.1, 0.15) is 16.9 Å². The highest BCUT2D eigenvalue weighted by Crippen LogP contribution is 2.30. The number of nitrogens with zero attached hydrogens (tertiary/aromatic N) is 2. The van der Waals surface area contributed by atoms with Gasteiger partial charge in [0.05, 0.1) is 12.6 Å². The molecule has 0 aliphatic heterocycles. The van der Waals surface area contributed by atoms with E-state index in [0.717, 1.165) is 27.8 Å². The fourth-order valence-electron chi connectivity index (χ4n) is 2.10. The van der Waals surface area contributed by atoms with Crippen molar-refractivity contribution in [2.75, 3.05) is 7.11 Å². The second kappa shape index (κ2) is 3.98. The Hall–Kier alpha value is -2.10. The zero-order valence-corrected chi connectivity index (χ0v) is 10.7. The van der Waals surface area contributed by atoms with Crippen molar-refractivity contribution >= 4 is 21.9 Å². The number of H-pyrrole nitrogens is 1. The Morgan fingerprint density at radius 2 is 1.94 bits per heavy atom. The third kappa shape index (κ3) is 1.53. The molecule has 0 spiro atoms. The Bertz CT molecular complexity index is 715. The van der Waals surface area contributed by atoms with Gasteiger partial charge in [0.25, 0.3) is 0 Å². The molecule has 1 aromatic carbocycles. The van der Waals surface area contributed by atoms with Crippen molar-refractivity contribution in [3.05, 3.63) is 30.1 Å². The van der Waals surface area contributed by atoms with Crippen LogP contribution in [0, 0.1) is 0 Å². The molecule has 2 heterocycles. The van der Waals surface area contributed by atoms with Crippen LogP contribution in [0.2, 0.25) is 0 Å². The molecule has 0 radical (unpaired) electrons. The van der Waals surface area contributed by atoms with Gasteiger partial charge in [-0.3, -0.25) is 0 Å². The van der Waals surface area contributed by atoms with Gasteiger partial charge in [-0.2, -0.15) is 0 Å². The maximum Gasteiger partial charge on any atom is 0.240 e. The van der Waals surface area contributed by atoms with Crippen molar-refractivity contribution in [2.24, 2.45) is 0 Å². The first-order valence-corrected chi connectivity index (χ1v) is 6.03. The van der Waals surface area contributed by atoms with Crippen LogP contribution in [0.3, 0.4) is 0 Å². The van der Waals surface area contributed by atoms with Gasteiger partial charge in [-0.25, -0.2) is 9.97 Å². The summed E-state index contributed by atoms with van der Waals surface area (Å²) in [6, 6.07) is 7.98. The van der Waals surface area contributed by atoms with Crippen molar-refractivity contribution in [2.45, 2.75) is 19.8 Å². The van der Waals surface area contributed by atoms with Crippen LogP contribution in [0.4, 0.5) is 0 Å². The zero-order chi connectivity index (χ0) is 12.7. The summed E-state index contributed by atoms with van der Waals surface area (Å²) in [6.45, 7) is 4.22. The van der Waals surface area contributed by atoms with Crippen LogP contribution in [-0.4, -0.2) is 22.1 Å². The molecule has 92 valence electrons. The molecule has 0 aliphatic rings. The van der Waals surface area contributed by atoms with Crippen LogP contribution in [-0.2, 0) is 0 Å². The normalized spacial score (nSPS) is 11.6. The molecule has 0 atom stereocenters. The summed E-state index contributed by atoms with van der Waals surface area (Å²) in [5.41, 5.74) is 2.71. The molecular weight excluding hydrogens is 226 g/mol. The number of rotatable bonds is 2. The number of aromatic nitrogens is 3. The molecule has 0 amide bonds. The second-order valence-corrected chi connectivity index (χ2v) is 4.64. The first-order valence-electron chi connectivity index (χ1n) is 6.03. The molecule has 0 bridgehead atoms. The predicted molar refractivity (Wildman–Crippen MR) is 72.0 cm³/mol. The molecule has 4 heteroatoms. The van der Waals surface area contributed by atoms with Crippen molar-refractivity contribution in [3.63, 3.8) is 0 Å². The van der Waals surface area contributed by atoms with Gasteiger partial charge in [-0.15, -0.1) is 0 Å². The van der Waals surface area contributed by atoms with Crippen LogP contribution in [0.1, 0.15) is 25.6 Å². The van der Waals surface area contributed by atoms with Crippen LogP contribution in [0.25, 0.3) is 21.9 Å². The molecule has 0 saturated carbocycles. The van der Waals surface area contributed by atoms with Gasteiger partial charge >= 0.3 is 0 Å². The van der Waals surface area contributed by atoms with E-state index in [1.54, 1.807) is 7.11 Å². The van der Waals surface area contributed by atoms with Crippen LogP contribution in [0.5, 0.6) is 5.88 Å². The summed E-state index contributed by atoms with van der Waals surface area (Å²) in [4.78, 5) is 12.5. The number of pyridine rings is 1. The van der Waals surface area contributed by atoms with E-state index in [4.69, 9.17) is 4.74 Å². The van der Waals surface area contributed by atoms with Crippen LogP contribution >= 0.6 is 0 Å². The van der Waals surface area contributed by atoms with E-state index < -0.39 is 0 Å². The molecule has 1 N–H and O–H groups in total. The Morgan fingerprint density at radius 1 is 1.17 bits per heavy atom. The van der Waals surface area contributed by atoms with E-state index in [2.05, 4.69) is 28.8 Å². The quantitative estimate of drug-likeness (QED) is 0.749. The van der Waals surface area contributed by atoms with E-state index in [0.29, 0.717) is 11.8 Å². The lowest BCUT2D eigenvalue weighted by atomic mass is 10.2. The average molecular weight is 241 g/mol. The number of methoxy groups -OCH3 is 1. The summed E-state index contributed by atoms with van der Waals surface area (Å²) in [5, 5.41) is 1.05. The third-order valence-electron chi connectivity index (χ3n) is 3.06. The fourth-order valence-corrected chi connectivity index (χ4v) is 2.10. The maximum absolute atomic E-state index is 5.35. The topological polar surface area (TPSA) is 50.8 Å². The van der Waals surface area contributed by atoms with E-state index in [9.17, 15) is 0 Å². The molecule has 2 aromatic heterocycles. The Morgan fingerprint density at radius 3 is 2.67 bits per heavy atom. The number of hydrogen-bond acceptors (Lipinski definition) is 3. The molecule has 0 aliphatic carbocycles. The number of benzene rings is 1. The highest BCUT2D eigenvalue weighted by atomic mass is 16.5. The van der Waals surface area contributed by atoms with Crippen molar-refractivity contribution in [1.82, 2.24) is 15.0 Å². The number of fused-ring (bicyclic) bond motifs is 3. The summed E-state index contributed by atoms with van der Waals surface area (Å²) in [6.07, 6.45) is 0. The summed E-state index contributed by atoms with van der Waals surface area (Å²) in [5.74, 6) is 1.91. The standard InChI is InChI=1S/C14H15N3O/c1-8(2)13-16-11-9-6-4-5-7-10(9)15-14(18-3)12(11)17-13/h4-8H,1-3H3,(H,16,17). The second-order valence-electron chi connectivity index (χ2n) is 4.64. The highest BCUT2D eigenvalue weighted by Gasteiger charge is 2.14. The van der Waals surface area contributed by atoms with Gasteiger partial charge in [0.15, 0.2) is 0 Å². The molecular formula is C14H15N3O. The van der Waals surface area contributed by atoms with E-state index >= 15 is 0 Å². The number of nitrogens with one attached hydrogen (secondary N) is 1. The maximum atomic E-state index is 5.35. The average Bonchev–Trinajstić information content (AvgIpc) is 2.83. The molecule has 0 unspecified atom stereocenters. The minimum atomic E-state index is 0.348. The van der Waals surface area contributed by atoms with Crippen molar-refractivity contribution < 1.29 is 4.74 Å². The number of ether oxygens (including phenoxy) is 1. The lowest BCUT2D eigenvalue weighted by Crippen LogP contribution is -1.91. The largest absolute Gasteiger partial charge is 0.479 e.